The average Bonchev–Trinajstić information content (AvgIpc) is 2.21. The van der Waals surface area contributed by atoms with Crippen LogP contribution < -0.4 is 5.32 Å². The molecule has 0 aromatic heterocycles. The molecule has 2 rings (SSSR count). The molecule has 1 aromatic carbocycles. The predicted molar refractivity (Wildman–Crippen MR) is 69.3 cm³/mol. The number of nitrogens with one attached hydrogen (secondary N) is 1. The molecule has 1 saturated carbocycles. The topological polar surface area (TPSA) is 12.0 Å². The molecule has 1 aromatic rings. The standard InChI is InChI=1S/C15H22FN/c1-10(2)13-8-15(9-13)17-11(3)12-5-4-6-14(16)7-12/h4-7,10-11,13,15,17H,8-9H2,1-3H3/t11-,13?,15?/m0/s1. The molecule has 1 fully saturated rings. The molecule has 0 saturated heterocycles. The second-order valence-corrected chi connectivity index (χ2v) is 5.62. The van der Waals surface area contributed by atoms with Gasteiger partial charge in [-0.15, -0.1) is 0 Å². The van der Waals surface area contributed by atoms with Gasteiger partial charge in [-0.05, 0) is 49.3 Å². The zero-order valence-corrected chi connectivity index (χ0v) is 10.9. The second-order valence-electron chi connectivity index (χ2n) is 5.62. The lowest BCUT2D eigenvalue weighted by atomic mass is 9.73. The van der Waals surface area contributed by atoms with Gasteiger partial charge in [-0.3, -0.25) is 0 Å². The van der Waals surface area contributed by atoms with Gasteiger partial charge in [0.05, 0.1) is 0 Å². The predicted octanol–water partition coefficient (Wildman–Crippen LogP) is 3.91. The van der Waals surface area contributed by atoms with Gasteiger partial charge in [-0.2, -0.15) is 0 Å². The summed E-state index contributed by atoms with van der Waals surface area (Å²) in [7, 11) is 0. The molecule has 94 valence electrons. The quantitative estimate of drug-likeness (QED) is 0.834. The molecule has 0 radical (unpaired) electrons. The molecule has 0 bridgehead atoms. The first-order chi connectivity index (χ1) is 8.06. The number of hydrogen-bond acceptors (Lipinski definition) is 1. The number of benzene rings is 1. The first-order valence-corrected chi connectivity index (χ1v) is 6.57. The largest absolute Gasteiger partial charge is 0.307 e. The molecule has 1 aliphatic carbocycles. The van der Waals surface area contributed by atoms with Gasteiger partial charge in [-0.25, -0.2) is 4.39 Å². The Bertz CT molecular complexity index is 369. The zero-order valence-electron chi connectivity index (χ0n) is 10.9. The SMILES string of the molecule is CC(C)C1CC(N[C@@H](C)c2cccc(F)c2)C1. The molecular weight excluding hydrogens is 213 g/mol. The van der Waals surface area contributed by atoms with E-state index in [-0.39, 0.29) is 11.9 Å². The van der Waals surface area contributed by atoms with E-state index < -0.39 is 0 Å². The molecule has 0 aliphatic heterocycles. The van der Waals surface area contributed by atoms with Crippen molar-refractivity contribution in [1.82, 2.24) is 5.32 Å². The van der Waals surface area contributed by atoms with Crippen LogP contribution in [0.5, 0.6) is 0 Å². The van der Waals surface area contributed by atoms with Crippen molar-refractivity contribution in [2.75, 3.05) is 0 Å². The minimum absolute atomic E-state index is 0.148. The number of rotatable bonds is 4. The van der Waals surface area contributed by atoms with E-state index in [4.69, 9.17) is 0 Å². The van der Waals surface area contributed by atoms with Crippen molar-refractivity contribution in [2.45, 2.75) is 45.7 Å². The number of hydrogen-bond donors (Lipinski definition) is 1. The van der Waals surface area contributed by atoms with Crippen molar-refractivity contribution in [2.24, 2.45) is 11.8 Å². The van der Waals surface area contributed by atoms with Gasteiger partial charge in [-0.1, -0.05) is 26.0 Å². The van der Waals surface area contributed by atoms with Gasteiger partial charge in [0, 0.05) is 12.1 Å². The van der Waals surface area contributed by atoms with Gasteiger partial charge in [0.15, 0.2) is 0 Å². The smallest absolute Gasteiger partial charge is 0.123 e. The minimum Gasteiger partial charge on any atom is -0.307 e. The van der Waals surface area contributed by atoms with Crippen LogP contribution >= 0.6 is 0 Å². The molecular formula is C15H22FN. The van der Waals surface area contributed by atoms with E-state index in [0.717, 1.165) is 17.4 Å². The Balaban J connectivity index is 1.85. The van der Waals surface area contributed by atoms with Crippen molar-refractivity contribution in [3.05, 3.63) is 35.6 Å². The Hall–Kier alpha value is -0.890. The highest BCUT2D eigenvalue weighted by molar-refractivity contribution is 5.19. The van der Waals surface area contributed by atoms with Crippen LogP contribution in [0.15, 0.2) is 24.3 Å². The second kappa shape index (κ2) is 5.18. The van der Waals surface area contributed by atoms with Crippen LogP contribution in [0.1, 0.15) is 45.2 Å². The third kappa shape index (κ3) is 3.06. The van der Waals surface area contributed by atoms with Crippen LogP contribution in [-0.4, -0.2) is 6.04 Å². The van der Waals surface area contributed by atoms with Crippen LogP contribution in [0.2, 0.25) is 0 Å². The fourth-order valence-corrected chi connectivity index (χ4v) is 2.57. The van der Waals surface area contributed by atoms with Crippen LogP contribution in [0, 0.1) is 17.7 Å². The van der Waals surface area contributed by atoms with Gasteiger partial charge >= 0.3 is 0 Å². The Morgan fingerprint density at radius 2 is 1.94 bits per heavy atom. The van der Waals surface area contributed by atoms with Crippen LogP contribution in [-0.2, 0) is 0 Å². The minimum atomic E-state index is -0.148. The Labute approximate surface area is 103 Å². The van der Waals surface area contributed by atoms with Crippen molar-refractivity contribution < 1.29 is 4.39 Å². The molecule has 1 aliphatic rings. The van der Waals surface area contributed by atoms with Crippen molar-refractivity contribution >= 4 is 0 Å². The fraction of sp³-hybridized carbons (Fsp3) is 0.600. The first kappa shape index (κ1) is 12.6. The highest BCUT2D eigenvalue weighted by Crippen LogP contribution is 2.34. The monoisotopic (exact) mass is 235 g/mol. The highest BCUT2D eigenvalue weighted by Gasteiger charge is 2.31. The maximum atomic E-state index is 13.1. The lowest BCUT2D eigenvalue weighted by Crippen LogP contribution is -2.44. The Morgan fingerprint density at radius 3 is 2.53 bits per heavy atom. The maximum Gasteiger partial charge on any atom is 0.123 e. The van der Waals surface area contributed by atoms with E-state index in [9.17, 15) is 4.39 Å². The molecule has 0 spiro atoms. The van der Waals surface area contributed by atoms with Crippen LogP contribution in [0.25, 0.3) is 0 Å². The van der Waals surface area contributed by atoms with E-state index in [1.165, 1.54) is 18.9 Å². The van der Waals surface area contributed by atoms with Gasteiger partial charge in [0.2, 0.25) is 0 Å². The van der Waals surface area contributed by atoms with E-state index in [2.05, 4.69) is 26.1 Å². The Kier molecular flexibility index (Phi) is 3.82. The lowest BCUT2D eigenvalue weighted by molar-refractivity contribution is 0.159. The molecule has 0 amide bonds. The van der Waals surface area contributed by atoms with Crippen LogP contribution in [0.3, 0.4) is 0 Å². The maximum absolute atomic E-state index is 13.1. The van der Waals surface area contributed by atoms with Gasteiger partial charge in [0.25, 0.3) is 0 Å². The summed E-state index contributed by atoms with van der Waals surface area (Å²) in [5.74, 6) is 1.51. The summed E-state index contributed by atoms with van der Waals surface area (Å²) in [6, 6.07) is 7.73. The van der Waals surface area contributed by atoms with E-state index in [1.807, 2.05) is 6.07 Å². The van der Waals surface area contributed by atoms with E-state index in [1.54, 1.807) is 12.1 Å². The first-order valence-electron chi connectivity index (χ1n) is 6.57. The van der Waals surface area contributed by atoms with E-state index >= 15 is 0 Å². The summed E-state index contributed by atoms with van der Waals surface area (Å²) >= 11 is 0. The summed E-state index contributed by atoms with van der Waals surface area (Å²) in [4.78, 5) is 0. The molecule has 0 heterocycles. The van der Waals surface area contributed by atoms with Crippen molar-refractivity contribution in [3.63, 3.8) is 0 Å². The molecule has 1 nitrogen and oxygen atoms in total. The summed E-state index contributed by atoms with van der Waals surface area (Å²) in [6.07, 6.45) is 2.52. The number of halogens is 1. The van der Waals surface area contributed by atoms with E-state index in [0.29, 0.717) is 6.04 Å². The fourth-order valence-electron chi connectivity index (χ4n) is 2.57. The molecule has 2 heteroatoms. The third-order valence-corrected chi connectivity index (χ3v) is 3.95. The molecule has 17 heavy (non-hydrogen) atoms. The summed E-state index contributed by atoms with van der Waals surface area (Å²) in [5, 5.41) is 3.58. The lowest BCUT2D eigenvalue weighted by Gasteiger charge is -2.40. The van der Waals surface area contributed by atoms with Crippen molar-refractivity contribution in [1.29, 1.82) is 0 Å². The zero-order chi connectivity index (χ0) is 12.4. The van der Waals surface area contributed by atoms with Crippen LogP contribution in [0.4, 0.5) is 4.39 Å². The molecule has 1 N–H and O–H groups in total. The highest BCUT2D eigenvalue weighted by atomic mass is 19.1. The normalized spacial score (nSPS) is 25.7. The molecule has 1 atom stereocenters. The molecule has 0 unspecified atom stereocenters. The summed E-state index contributed by atoms with van der Waals surface area (Å²) in [6.45, 7) is 6.69. The average molecular weight is 235 g/mol. The van der Waals surface area contributed by atoms with Crippen molar-refractivity contribution in [3.8, 4) is 0 Å². The summed E-state index contributed by atoms with van der Waals surface area (Å²) in [5.41, 5.74) is 1.04. The Morgan fingerprint density at radius 1 is 1.24 bits per heavy atom. The van der Waals surface area contributed by atoms with Gasteiger partial charge in [0.1, 0.15) is 5.82 Å². The van der Waals surface area contributed by atoms with Gasteiger partial charge < -0.3 is 5.32 Å². The summed E-state index contributed by atoms with van der Waals surface area (Å²) < 4.78 is 13.1. The third-order valence-electron chi connectivity index (χ3n) is 3.95.